The molecule has 1 aliphatic rings. The predicted molar refractivity (Wildman–Crippen MR) is 70.0 cm³/mol. The van der Waals surface area contributed by atoms with E-state index in [2.05, 4.69) is 34.2 Å². The van der Waals surface area contributed by atoms with Crippen LogP contribution in [0.4, 0.5) is 5.95 Å². The molecule has 1 aromatic rings. The molecule has 1 heterocycles. The summed E-state index contributed by atoms with van der Waals surface area (Å²) < 4.78 is 0. The Labute approximate surface area is 103 Å². The van der Waals surface area contributed by atoms with Crippen LogP contribution in [0.15, 0.2) is 12.4 Å². The van der Waals surface area contributed by atoms with Gasteiger partial charge in [0.1, 0.15) is 0 Å². The van der Waals surface area contributed by atoms with Crippen LogP contribution in [0, 0.1) is 5.92 Å². The summed E-state index contributed by atoms with van der Waals surface area (Å²) in [7, 11) is 2.08. The third-order valence-electron chi connectivity index (χ3n) is 3.37. The lowest BCUT2D eigenvalue weighted by atomic mass is 9.85. The van der Waals surface area contributed by atoms with Crippen LogP contribution in [0.25, 0.3) is 0 Å². The Morgan fingerprint density at radius 1 is 1.35 bits per heavy atom. The van der Waals surface area contributed by atoms with Gasteiger partial charge < -0.3 is 10.2 Å². The van der Waals surface area contributed by atoms with E-state index < -0.39 is 0 Å². The highest BCUT2D eigenvalue weighted by atomic mass is 15.2. The molecule has 0 spiro atoms. The number of rotatable bonds is 6. The van der Waals surface area contributed by atoms with E-state index in [0.717, 1.165) is 37.1 Å². The Balaban J connectivity index is 1.87. The summed E-state index contributed by atoms with van der Waals surface area (Å²) in [5.74, 6) is 1.70. The number of hydrogen-bond acceptors (Lipinski definition) is 4. The van der Waals surface area contributed by atoms with E-state index in [0.29, 0.717) is 0 Å². The molecular formula is C13H22N4. The lowest BCUT2D eigenvalue weighted by molar-refractivity contribution is 0.320. The molecule has 0 radical (unpaired) electrons. The van der Waals surface area contributed by atoms with Gasteiger partial charge in [-0.05, 0) is 25.3 Å². The summed E-state index contributed by atoms with van der Waals surface area (Å²) in [6.07, 6.45) is 7.96. The summed E-state index contributed by atoms with van der Waals surface area (Å²) in [4.78, 5) is 11.0. The molecule has 0 atom stereocenters. The first-order valence-corrected chi connectivity index (χ1v) is 6.52. The van der Waals surface area contributed by atoms with Crippen molar-refractivity contribution in [2.45, 2.75) is 32.7 Å². The van der Waals surface area contributed by atoms with E-state index in [4.69, 9.17) is 0 Å². The third kappa shape index (κ3) is 3.40. The zero-order chi connectivity index (χ0) is 12.1. The van der Waals surface area contributed by atoms with Crippen molar-refractivity contribution in [3.63, 3.8) is 0 Å². The third-order valence-corrected chi connectivity index (χ3v) is 3.37. The Morgan fingerprint density at radius 3 is 2.59 bits per heavy atom. The van der Waals surface area contributed by atoms with Gasteiger partial charge in [-0.3, -0.25) is 0 Å². The van der Waals surface area contributed by atoms with Gasteiger partial charge in [0.2, 0.25) is 5.95 Å². The first kappa shape index (κ1) is 12.3. The molecule has 0 saturated heterocycles. The molecule has 4 nitrogen and oxygen atoms in total. The van der Waals surface area contributed by atoms with Gasteiger partial charge in [0, 0.05) is 38.1 Å². The SMILES string of the molecule is CCNCc1cnc(N(C)CC2CCC2)nc1. The fourth-order valence-corrected chi connectivity index (χ4v) is 2.05. The topological polar surface area (TPSA) is 41.1 Å². The second kappa shape index (κ2) is 5.96. The van der Waals surface area contributed by atoms with Crippen molar-refractivity contribution in [2.24, 2.45) is 5.92 Å². The van der Waals surface area contributed by atoms with Crippen molar-refractivity contribution < 1.29 is 0 Å². The summed E-state index contributed by atoms with van der Waals surface area (Å²) in [6, 6.07) is 0. The molecule has 1 saturated carbocycles. The van der Waals surface area contributed by atoms with Gasteiger partial charge in [0.25, 0.3) is 0 Å². The quantitative estimate of drug-likeness (QED) is 0.815. The van der Waals surface area contributed by atoms with E-state index in [1.54, 1.807) is 0 Å². The van der Waals surface area contributed by atoms with Gasteiger partial charge in [-0.1, -0.05) is 13.3 Å². The van der Waals surface area contributed by atoms with Crippen molar-refractivity contribution in [1.29, 1.82) is 0 Å². The summed E-state index contributed by atoms with van der Waals surface area (Å²) in [5, 5.41) is 3.27. The highest BCUT2D eigenvalue weighted by molar-refractivity contribution is 5.28. The normalized spacial score (nSPS) is 15.6. The van der Waals surface area contributed by atoms with Crippen LogP contribution in [0.3, 0.4) is 0 Å². The molecule has 0 bridgehead atoms. The van der Waals surface area contributed by atoms with Crippen LogP contribution in [0.2, 0.25) is 0 Å². The monoisotopic (exact) mass is 234 g/mol. The molecule has 1 N–H and O–H groups in total. The molecule has 1 aromatic heterocycles. The molecular weight excluding hydrogens is 212 g/mol. The number of nitrogens with zero attached hydrogens (tertiary/aromatic N) is 3. The fraction of sp³-hybridized carbons (Fsp3) is 0.692. The van der Waals surface area contributed by atoms with Crippen molar-refractivity contribution in [3.05, 3.63) is 18.0 Å². The minimum atomic E-state index is 0.845. The first-order valence-electron chi connectivity index (χ1n) is 6.52. The Kier molecular flexibility index (Phi) is 4.31. The molecule has 0 aromatic carbocycles. The Bertz CT molecular complexity index is 332. The highest BCUT2D eigenvalue weighted by Crippen LogP contribution is 2.27. The van der Waals surface area contributed by atoms with Gasteiger partial charge in [-0.2, -0.15) is 0 Å². The van der Waals surface area contributed by atoms with Crippen LogP contribution in [0.5, 0.6) is 0 Å². The molecule has 0 aliphatic heterocycles. The maximum atomic E-state index is 4.42. The first-order chi connectivity index (χ1) is 8.29. The average molecular weight is 234 g/mol. The molecule has 17 heavy (non-hydrogen) atoms. The summed E-state index contributed by atoms with van der Waals surface area (Å²) >= 11 is 0. The van der Waals surface area contributed by atoms with Gasteiger partial charge in [-0.25, -0.2) is 9.97 Å². The van der Waals surface area contributed by atoms with E-state index in [9.17, 15) is 0 Å². The van der Waals surface area contributed by atoms with E-state index >= 15 is 0 Å². The Hall–Kier alpha value is -1.16. The largest absolute Gasteiger partial charge is 0.344 e. The number of anilines is 1. The maximum Gasteiger partial charge on any atom is 0.225 e. The molecule has 0 unspecified atom stereocenters. The van der Waals surface area contributed by atoms with Crippen molar-refractivity contribution >= 4 is 5.95 Å². The lowest BCUT2D eigenvalue weighted by Crippen LogP contribution is -2.30. The molecule has 94 valence electrons. The predicted octanol–water partition coefficient (Wildman–Crippen LogP) is 1.82. The zero-order valence-corrected chi connectivity index (χ0v) is 10.8. The van der Waals surface area contributed by atoms with E-state index in [1.165, 1.54) is 19.3 Å². The second-order valence-corrected chi connectivity index (χ2v) is 4.85. The van der Waals surface area contributed by atoms with Gasteiger partial charge >= 0.3 is 0 Å². The number of aromatic nitrogens is 2. The van der Waals surface area contributed by atoms with E-state index in [-0.39, 0.29) is 0 Å². The molecule has 1 aliphatic carbocycles. The summed E-state index contributed by atoms with van der Waals surface area (Å²) in [6.45, 7) is 5.01. The molecule has 0 amide bonds. The molecule has 4 heteroatoms. The maximum absolute atomic E-state index is 4.42. The fourth-order valence-electron chi connectivity index (χ4n) is 2.05. The lowest BCUT2D eigenvalue weighted by Gasteiger charge is -2.30. The standard InChI is InChI=1S/C13H22N4/c1-3-14-7-12-8-15-13(16-9-12)17(2)10-11-5-4-6-11/h8-9,11,14H,3-7,10H2,1-2H3. The average Bonchev–Trinajstić information content (AvgIpc) is 2.31. The highest BCUT2D eigenvalue weighted by Gasteiger charge is 2.19. The minimum Gasteiger partial charge on any atom is -0.344 e. The number of nitrogens with one attached hydrogen (secondary N) is 1. The van der Waals surface area contributed by atoms with E-state index in [1.807, 2.05) is 12.4 Å². The molecule has 1 fully saturated rings. The van der Waals surface area contributed by atoms with Crippen LogP contribution < -0.4 is 10.2 Å². The summed E-state index contributed by atoms with van der Waals surface area (Å²) in [5.41, 5.74) is 1.15. The second-order valence-electron chi connectivity index (χ2n) is 4.85. The van der Waals surface area contributed by atoms with Crippen molar-refractivity contribution in [1.82, 2.24) is 15.3 Å². The van der Waals surface area contributed by atoms with Crippen molar-refractivity contribution in [3.8, 4) is 0 Å². The van der Waals surface area contributed by atoms with Crippen LogP contribution in [-0.2, 0) is 6.54 Å². The van der Waals surface area contributed by atoms with Gasteiger partial charge in [0.15, 0.2) is 0 Å². The zero-order valence-electron chi connectivity index (χ0n) is 10.8. The van der Waals surface area contributed by atoms with Gasteiger partial charge in [0.05, 0.1) is 0 Å². The minimum absolute atomic E-state index is 0.845. The van der Waals surface area contributed by atoms with Crippen LogP contribution >= 0.6 is 0 Å². The molecule has 2 rings (SSSR count). The Morgan fingerprint density at radius 2 is 2.06 bits per heavy atom. The van der Waals surface area contributed by atoms with Crippen molar-refractivity contribution in [2.75, 3.05) is 25.0 Å². The smallest absolute Gasteiger partial charge is 0.225 e. The van der Waals surface area contributed by atoms with Gasteiger partial charge in [-0.15, -0.1) is 0 Å². The van der Waals surface area contributed by atoms with Crippen LogP contribution in [-0.4, -0.2) is 30.1 Å². The number of hydrogen-bond donors (Lipinski definition) is 1. The van der Waals surface area contributed by atoms with Crippen LogP contribution in [0.1, 0.15) is 31.7 Å².